The summed E-state index contributed by atoms with van der Waals surface area (Å²) in [5, 5.41) is 8.25. The van der Waals surface area contributed by atoms with Crippen LogP contribution in [0.2, 0.25) is 0 Å². The van der Waals surface area contributed by atoms with E-state index in [0.717, 1.165) is 35.8 Å². The van der Waals surface area contributed by atoms with Gasteiger partial charge in [-0.05, 0) is 67.4 Å². The van der Waals surface area contributed by atoms with E-state index in [1.165, 1.54) is 44.4 Å². The second-order valence-electron chi connectivity index (χ2n) is 9.66. The van der Waals surface area contributed by atoms with Crippen molar-refractivity contribution in [3.63, 3.8) is 0 Å². The van der Waals surface area contributed by atoms with E-state index in [1.807, 2.05) is 0 Å². The van der Waals surface area contributed by atoms with Gasteiger partial charge in [0, 0.05) is 64.7 Å². The second-order valence-corrected chi connectivity index (χ2v) is 9.66. The minimum atomic E-state index is -0.731. The maximum Gasteiger partial charge on any atom is 0.188 e. The lowest BCUT2D eigenvalue weighted by Gasteiger charge is -2.38. The molecule has 36 heavy (non-hydrogen) atoms. The number of para-hydroxylation sites is 2. The van der Waals surface area contributed by atoms with Crippen molar-refractivity contribution in [2.75, 3.05) is 23.7 Å². The standard InChI is InChI=1S/C32H29N3O/c1-4-33-20-14-16-26-24(18-20)25-19-21(34-5-2)15-17-27(25)32(26)30-22-10-6-8-12-28(22)35(3)31(30)23-11-7-9-13-29(23)36-32/h6-19,33-34H,4-5H2,1-3H3. The minimum Gasteiger partial charge on any atom is -0.472 e. The second kappa shape index (κ2) is 7.66. The Hall–Kier alpha value is -4.18. The molecule has 2 heterocycles. The highest BCUT2D eigenvalue weighted by Crippen LogP contribution is 2.61. The first kappa shape index (κ1) is 21.1. The first-order valence-corrected chi connectivity index (χ1v) is 12.8. The smallest absolute Gasteiger partial charge is 0.188 e. The van der Waals surface area contributed by atoms with Gasteiger partial charge in [0.05, 0.1) is 5.69 Å². The van der Waals surface area contributed by atoms with E-state index in [0.29, 0.717) is 0 Å². The predicted octanol–water partition coefficient (Wildman–Crippen LogP) is 7.37. The molecule has 4 heteroatoms. The molecule has 1 aliphatic carbocycles. The van der Waals surface area contributed by atoms with E-state index in [2.05, 4.69) is 121 Å². The van der Waals surface area contributed by atoms with Gasteiger partial charge in [-0.3, -0.25) is 0 Å². The number of fused-ring (bicyclic) bond motifs is 11. The van der Waals surface area contributed by atoms with Crippen molar-refractivity contribution in [1.82, 2.24) is 4.57 Å². The molecule has 2 aliphatic rings. The van der Waals surface area contributed by atoms with Gasteiger partial charge in [0.1, 0.15) is 5.75 Å². The molecular weight excluding hydrogens is 442 g/mol. The number of nitrogens with one attached hydrogen (secondary N) is 2. The Morgan fingerprint density at radius 1 is 0.722 bits per heavy atom. The number of aromatic nitrogens is 1. The van der Waals surface area contributed by atoms with E-state index >= 15 is 0 Å². The number of ether oxygens (including phenoxy) is 1. The third kappa shape index (κ3) is 2.64. The fourth-order valence-corrected chi connectivity index (χ4v) is 6.33. The van der Waals surface area contributed by atoms with Crippen LogP contribution in [-0.2, 0) is 12.6 Å². The van der Waals surface area contributed by atoms with Crippen LogP contribution in [0.3, 0.4) is 0 Å². The quantitative estimate of drug-likeness (QED) is 0.287. The van der Waals surface area contributed by atoms with E-state index in [4.69, 9.17) is 4.74 Å². The van der Waals surface area contributed by atoms with Gasteiger partial charge in [0.15, 0.2) is 5.60 Å². The molecular formula is C32H29N3O. The van der Waals surface area contributed by atoms with Crippen LogP contribution in [0.15, 0.2) is 84.9 Å². The average molecular weight is 472 g/mol. The predicted molar refractivity (Wildman–Crippen MR) is 149 cm³/mol. The van der Waals surface area contributed by atoms with Crippen molar-refractivity contribution in [1.29, 1.82) is 0 Å². The molecule has 2 N–H and O–H groups in total. The Bertz CT molecular complexity index is 1610. The molecule has 178 valence electrons. The van der Waals surface area contributed by atoms with Gasteiger partial charge in [-0.15, -0.1) is 0 Å². The highest BCUT2D eigenvalue weighted by atomic mass is 16.5. The lowest BCUT2D eigenvalue weighted by Crippen LogP contribution is -2.36. The molecule has 5 aromatic rings. The topological polar surface area (TPSA) is 38.2 Å². The first-order chi connectivity index (χ1) is 17.7. The molecule has 1 aromatic heterocycles. The highest BCUT2D eigenvalue weighted by molar-refractivity contribution is 5.99. The summed E-state index contributed by atoms with van der Waals surface area (Å²) in [6.07, 6.45) is 0. The zero-order valence-corrected chi connectivity index (χ0v) is 20.9. The third-order valence-corrected chi connectivity index (χ3v) is 7.71. The lowest BCUT2D eigenvalue weighted by molar-refractivity contribution is 0.158. The van der Waals surface area contributed by atoms with Gasteiger partial charge in [-0.2, -0.15) is 0 Å². The van der Waals surface area contributed by atoms with Crippen LogP contribution in [0.4, 0.5) is 11.4 Å². The maximum atomic E-state index is 7.23. The Balaban J connectivity index is 1.63. The van der Waals surface area contributed by atoms with Crippen LogP contribution in [0, 0.1) is 0 Å². The minimum absolute atomic E-state index is 0.731. The molecule has 4 nitrogen and oxygen atoms in total. The first-order valence-electron chi connectivity index (χ1n) is 12.8. The fourth-order valence-electron chi connectivity index (χ4n) is 6.33. The molecule has 1 aliphatic heterocycles. The molecule has 1 spiro atoms. The Labute approximate surface area is 211 Å². The van der Waals surface area contributed by atoms with Crippen LogP contribution >= 0.6 is 0 Å². The summed E-state index contributed by atoms with van der Waals surface area (Å²) in [5.41, 5.74) is 11.2. The third-order valence-electron chi connectivity index (χ3n) is 7.71. The summed E-state index contributed by atoms with van der Waals surface area (Å²) >= 11 is 0. The van der Waals surface area contributed by atoms with Crippen LogP contribution in [-0.4, -0.2) is 17.7 Å². The summed E-state index contributed by atoms with van der Waals surface area (Å²) in [7, 11) is 2.18. The van der Waals surface area contributed by atoms with Gasteiger partial charge in [0.2, 0.25) is 0 Å². The Kier molecular flexibility index (Phi) is 4.50. The van der Waals surface area contributed by atoms with Gasteiger partial charge >= 0.3 is 0 Å². The molecule has 0 saturated carbocycles. The molecule has 0 saturated heterocycles. The number of hydrogen-bond donors (Lipinski definition) is 2. The van der Waals surface area contributed by atoms with Gasteiger partial charge in [-0.1, -0.05) is 42.5 Å². The van der Waals surface area contributed by atoms with E-state index in [9.17, 15) is 0 Å². The summed E-state index contributed by atoms with van der Waals surface area (Å²) in [6, 6.07) is 30.6. The van der Waals surface area contributed by atoms with E-state index < -0.39 is 5.60 Å². The molecule has 0 amide bonds. The SMILES string of the molecule is CCNc1ccc2c(c1)-c1cc(NCC)ccc1C21Oc2ccccc2-c2c1c1ccccc1n2C. The Morgan fingerprint density at radius 3 is 2.00 bits per heavy atom. The number of aryl methyl sites for hydroxylation is 1. The summed E-state index contributed by atoms with van der Waals surface area (Å²) in [5.74, 6) is 0.918. The average Bonchev–Trinajstić information content (AvgIpc) is 3.35. The van der Waals surface area contributed by atoms with Gasteiger partial charge in [0.25, 0.3) is 0 Å². The van der Waals surface area contributed by atoms with Crippen molar-refractivity contribution < 1.29 is 4.74 Å². The lowest BCUT2D eigenvalue weighted by atomic mass is 9.79. The van der Waals surface area contributed by atoms with Crippen LogP contribution in [0.1, 0.15) is 30.5 Å². The monoisotopic (exact) mass is 471 g/mol. The maximum absolute atomic E-state index is 7.23. The molecule has 0 bridgehead atoms. The molecule has 7 rings (SSSR count). The molecule has 4 aromatic carbocycles. The van der Waals surface area contributed by atoms with Crippen LogP contribution in [0.25, 0.3) is 33.3 Å². The molecule has 0 radical (unpaired) electrons. The van der Waals surface area contributed by atoms with E-state index in [1.54, 1.807) is 0 Å². The normalized spacial score (nSPS) is 14.1. The number of benzene rings is 4. The van der Waals surface area contributed by atoms with Crippen molar-refractivity contribution >= 4 is 22.3 Å². The zero-order valence-electron chi connectivity index (χ0n) is 20.9. The fraction of sp³-hybridized carbons (Fsp3) is 0.188. The van der Waals surface area contributed by atoms with Crippen molar-refractivity contribution in [3.8, 4) is 28.1 Å². The van der Waals surface area contributed by atoms with Crippen molar-refractivity contribution in [2.45, 2.75) is 19.4 Å². The van der Waals surface area contributed by atoms with Gasteiger partial charge < -0.3 is 19.9 Å². The van der Waals surface area contributed by atoms with Crippen LogP contribution < -0.4 is 15.4 Å². The molecule has 0 fully saturated rings. The largest absolute Gasteiger partial charge is 0.472 e. The molecule has 0 atom stereocenters. The van der Waals surface area contributed by atoms with Crippen molar-refractivity contribution in [2.24, 2.45) is 7.05 Å². The van der Waals surface area contributed by atoms with Crippen molar-refractivity contribution in [3.05, 3.63) is 102 Å². The number of anilines is 2. The molecule has 0 unspecified atom stereocenters. The van der Waals surface area contributed by atoms with Gasteiger partial charge in [-0.25, -0.2) is 0 Å². The number of nitrogens with zero attached hydrogens (tertiary/aromatic N) is 1. The highest BCUT2D eigenvalue weighted by Gasteiger charge is 2.53. The summed E-state index contributed by atoms with van der Waals surface area (Å²) in [6.45, 7) is 6.03. The number of rotatable bonds is 4. The summed E-state index contributed by atoms with van der Waals surface area (Å²) in [4.78, 5) is 0. The number of hydrogen-bond acceptors (Lipinski definition) is 3. The summed E-state index contributed by atoms with van der Waals surface area (Å²) < 4.78 is 9.57. The van der Waals surface area contributed by atoms with E-state index in [-0.39, 0.29) is 0 Å². The van der Waals surface area contributed by atoms with Crippen LogP contribution in [0.5, 0.6) is 5.75 Å². The zero-order chi connectivity index (χ0) is 24.4. The Morgan fingerprint density at radius 2 is 1.33 bits per heavy atom.